The van der Waals surface area contributed by atoms with Crippen molar-refractivity contribution in [1.29, 1.82) is 0 Å². The van der Waals surface area contributed by atoms with Crippen molar-refractivity contribution < 1.29 is 4.79 Å². The predicted octanol–water partition coefficient (Wildman–Crippen LogP) is 33.9. The molecule has 5 N–H and O–H groups in total. The van der Waals surface area contributed by atoms with E-state index < -0.39 is 0 Å². The lowest BCUT2D eigenvalue weighted by atomic mass is 10.0. The van der Waals surface area contributed by atoms with Gasteiger partial charge in [0.15, 0.2) is 0 Å². The molecule has 9 heterocycles. The van der Waals surface area contributed by atoms with Gasteiger partial charge in [-0.25, -0.2) is 0 Å². The van der Waals surface area contributed by atoms with Crippen molar-refractivity contribution in [3.05, 3.63) is 454 Å². The molecule has 0 saturated carbocycles. The van der Waals surface area contributed by atoms with Crippen LogP contribution in [0.1, 0.15) is 10.4 Å². The van der Waals surface area contributed by atoms with Gasteiger partial charge in [0.2, 0.25) is 0 Å². The molecule has 10 nitrogen and oxygen atoms in total. The van der Waals surface area contributed by atoms with E-state index in [1.165, 1.54) is 98.5 Å². The lowest BCUT2D eigenvalue weighted by Crippen LogP contribution is -2.12. The summed E-state index contributed by atoms with van der Waals surface area (Å²) in [4.78, 5) is 46.8. The van der Waals surface area contributed by atoms with E-state index in [9.17, 15) is 9.59 Å². The summed E-state index contributed by atoms with van der Waals surface area (Å²) in [5.74, 6) is -0.0685. The Morgan fingerprint density at radius 3 is 0.867 bits per heavy atom. The van der Waals surface area contributed by atoms with E-state index in [-0.39, 0.29) is 11.5 Å². The minimum Gasteiger partial charge on any atom is -0.353 e. The highest BCUT2D eigenvalue weighted by atomic mass is 79.9. The number of aromatic amines is 5. The fourth-order valence-corrected chi connectivity index (χ4v) is 22.1. The van der Waals surface area contributed by atoms with Gasteiger partial charge in [-0.1, -0.05) is 323 Å². The van der Waals surface area contributed by atoms with Gasteiger partial charge in [0, 0.05) is 127 Å². The SMILES string of the molecule is Brc1ccc2[nH]c3c(ccc4c5cc(Br)ccc5[nH]c43)c2c1.O=C(c1ccccc1Br)n1c2ccc(-c3ccccc3)cc2c2ccc3c4cc(-c5ccccc5)ccc4[nH]c3c21.O=c1c2ccccc2n2c3ccc(-c4ccccc4)cc3c3ccc4c5cc(-c6ccccc6)ccc5n1c4c32.c1ccc(-c2ccc3[nH]c4c(ccc5c6cc(-c7ccccc7)ccc6[nH]c54)c3c2)cc1. The summed E-state index contributed by atoms with van der Waals surface area (Å²) in [6, 6.07) is 148. The molecule has 0 aliphatic heterocycles. The van der Waals surface area contributed by atoms with Crippen LogP contribution in [-0.2, 0) is 0 Å². The van der Waals surface area contributed by atoms with Crippen LogP contribution in [0.2, 0.25) is 0 Å². The number of nitrogens with one attached hydrogen (secondary N) is 5. The van der Waals surface area contributed by atoms with Crippen molar-refractivity contribution in [3.63, 3.8) is 0 Å². The molecule has 0 unspecified atom stereocenters. The van der Waals surface area contributed by atoms with Gasteiger partial charge >= 0.3 is 0 Å². The zero-order chi connectivity index (χ0) is 89.8. The number of aromatic nitrogens is 8. The zero-order valence-electron chi connectivity index (χ0n) is 72.2. The molecule has 0 radical (unpaired) electrons. The third kappa shape index (κ3) is 13.2. The molecule has 0 bridgehead atoms. The Bertz CT molecular complexity index is 9740. The van der Waals surface area contributed by atoms with Crippen molar-refractivity contribution in [2.24, 2.45) is 0 Å². The minimum atomic E-state index is -0.0685. The van der Waals surface area contributed by atoms with Crippen LogP contribution in [0.25, 0.3) is 252 Å². The first-order valence-corrected chi connectivity index (χ1v) is 47.5. The van der Waals surface area contributed by atoms with E-state index in [4.69, 9.17) is 0 Å². The number of carbonyl (C=O) groups excluding carboxylic acids is 1. The van der Waals surface area contributed by atoms with Crippen LogP contribution in [0.3, 0.4) is 0 Å². The number of rotatable bonds is 7. The van der Waals surface area contributed by atoms with Crippen LogP contribution in [0.4, 0.5) is 0 Å². The second-order valence-electron chi connectivity index (χ2n) is 34.9. The van der Waals surface area contributed by atoms with E-state index in [1.807, 2.05) is 75.7 Å². The van der Waals surface area contributed by atoms with Gasteiger partial charge < -0.3 is 29.3 Å². The standard InChI is InChI=1S/C37H23BrN2O.C37H22N2O.C30H20N2.C18H10Br2N2/c38-32-14-8-7-13-29(32)37(41)40-34-20-16-26(24-11-5-2-6-12-24)22-31(34)28-18-17-27-30-21-25(23-9-3-1-4-10-23)15-19-33(30)39-35(27)36(28)40;40-37-29-13-7-8-14-32(29)38-33-19-15-25(23-9-3-1-4-10-23)21-30(33)27-17-18-28-31-22-26(24-11-5-2-6-12-24)16-20-34(31)39(37)36(28)35(27)38;1-3-7-19(8-4-1)21-11-15-27-25(17-21)23-13-14-24-26-18-22(20-9-5-2-6-10-20)12-16-28(26)32-30(24)29(23)31-27;19-9-1-5-15-13(7-9)11-3-4-12-14-8-10(20)2-6-16(14)22-18(12)17(11)21-15/h1-22,39H;1-22H;1-18,31-32H;1-8,21-22H. The normalized spacial score (nSPS) is 11.9. The first kappa shape index (κ1) is 79.5. The van der Waals surface area contributed by atoms with Gasteiger partial charge in [0.1, 0.15) is 0 Å². The lowest BCUT2D eigenvalue weighted by Gasteiger charge is -2.09. The minimum absolute atomic E-state index is 0.00770. The molecule has 0 spiro atoms. The average Bonchev–Trinajstić information content (AvgIpc) is 1.53. The highest BCUT2D eigenvalue weighted by Crippen LogP contribution is 2.46. The molecule has 0 aliphatic rings. The number of fused-ring (bicyclic) bond motifs is 29. The average molecular weight is 1920 g/mol. The van der Waals surface area contributed by atoms with E-state index in [0.717, 1.165) is 162 Å². The van der Waals surface area contributed by atoms with Crippen LogP contribution in [-0.4, -0.2) is 44.2 Å². The molecule has 0 fully saturated rings. The van der Waals surface area contributed by atoms with Crippen LogP contribution in [0, 0.1) is 0 Å². The first-order chi connectivity index (χ1) is 66.5. The number of para-hydroxylation sites is 1. The monoisotopic (exact) mass is 1920 g/mol. The van der Waals surface area contributed by atoms with E-state index in [1.54, 1.807) is 0 Å². The predicted molar refractivity (Wildman–Crippen MR) is 577 cm³/mol. The van der Waals surface area contributed by atoms with Crippen molar-refractivity contribution in [2.75, 3.05) is 0 Å². The number of carbonyl (C=O) groups is 1. The van der Waals surface area contributed by atoms with E-state index in [2.05, 4.69) is 435 Å². The van der Waals surface area contributed by atoms with Gasteiger partial charge in [-0.3, -0.25) is 18.6 Å². The molecular weight excluding hydrogens is 1850 g/mol. The molecule has 0 atom stereocenters. The second kappa shape index (κ2) is 32.0. The maximum atomic E-state index is 14.3. The first-order valence-electron chi connectivity index (χ1n) is 45.2. The smallest absolute Gasteiger partial charge is 0.265 e. The van der Waals surface area contributed by atoms with Gasteiger partial charge in [0.05, 0.1) is 77.2 Å². The Hall–Kier alpha value is -16.4. The number of halogens is 3. The summed E-state index contributed by atoms with van der Waals surface area (Å²) in [5.41, 5.74) is 33.0. The van der Waals surface area contributed by atoms with Crippen LogP contribution >= 0.6 is 47.8 Å². The molecule has 0 saturated heterocycles. The van der Waals surface area contributed by atoms with E-state index >= 15 is 0 Å². The fraction of sp³-hybridized carbons (Fsp3) is 0. The Balaban J connectivity index is 0.0000000957. The zero-order valence-corrected chi connectivity index (χ0v) is 77.0. The molecule has 0 aliphatic carbocycles. The second-order valence-corrected chi connectivity index (χ2v) is 37.5. The summed E-state index contributed by atoms with van der Waals surface area (Å²) >= 11 is 10.7. The summed E-state index contributed by atoms with van der Waals surface area (Å²) in [6.45, 7) is 0. The van der Waals surface area contributed by atoms with Crippen molar-refractivity contribution in [1.82, 2.24) is 38.3 Å². The number of hydrogen-bond acceptors (Lipinski definition) is 2. The van der Waals surface area contributed by atoms with Crippen molar-refractivity contribution >= 4 is 239 Å². The Morgan fingerprint density at radius 1 is 0.200 bits per heavy atom. The third-order valence-electron chi connectivity index (χ3n) is 27.3. The quantitative estimate of drug-likeness (QED) is 0.109. The van der Waals surface area contributed by atoms with Crippen LogP contribution < -0.4 is 5.56 Å². The number of H-pyrrole nitrogens is 5. The maximum Gasteiger partial charge on any atom is 0.265 e. The summed E-state index contributed by atoms with van der Waals surface area (Å²) in [7, 11) is 0. The number of nitrogens with zero attached hydrogens (tertiary/aromatic N) is 3. The molecule has 13 heteroatoms. The van der Waals surface area contributed by atoms with Crippen molar-refractivity contribution in [3.8, 4) is 66.8 Å². The summed E-state index contributed by atoms with van der Waals surface area (Å²) in [6.07, 6.45) is 0. The Kier molecular flexibility index (Phi) is 18.8. The van der Waals surface area contributed by atoms with Crippen LogP contribution in [0.5, 0.6) is 0 Å². The summed E-state index contributed by atoms with van der Waals surface area (Å²) in [5, 5.41) is 19.5. The molecule has 0 amide bonds. The molecule has 29 rings (SSSR count). The maximum absolute atomic E-state index is 14.3. The number of benzene rings is 20. The van der Waals surface area contributed by atoms with Crippen LogP contribution in [0.15, 0.2) is 443 Å². The lowest BCUT2D eigenvalue weighted by molar-refractivity contribution is 0.0968. The topological polar surface area (TPSA) is 127 Å². The highest BCUT2D eigenvalue weighted by Gasteiger charge is 2.27. The fourth-order valence-electron chi connectivity index (χ4n) is 20.9. The molecule has 135 heavy (non-hydrogen) atoms. The third-order valence-corrected chi connectivity index (χ3v) is 29.0. The summed E-state index contributed by atoms with van der Waals surface area (Å²) < 4.78 is 9.10. The molecule has 9 aromatic heterocycles. The Labute approximate surface area is 796 Å². The molecule has 20 aromatic carbocycles. The largest absolute Gasteiger partial charge is 0.353 e. The molecule has 29 aromatic rings. The van der Waals surface area contributed by atoms with Gasteiger partial charge in [0.25, 0.3) is 11.5 Å². The van der Waals surface area contributed by atoms with Gasteiger partial charge in [-0.05, 0) is 216 Å². The molecule has 636 valence electrons. The van der Waals surface area contributed by atoms with Gasteiger partial charge in [-0.2, -0.15) is 0 Å². The highest BCUT2D eigenvalue weighted by molar-refractivity contribution is 9.11. The van der Waals surface area contributed by atoms with E-state index in [0.29, 0.717) is 10.9 Å². The molecular formula is C122H75Br3N8O2. The van der Waals surface area contributed by atoms with Crippen molar-refractivity contribution in [2.45, 2.75) is 0 Å². The van der Waals surface area contributed by atoms with Gasteiger partial charge in [-0.15, -0.1) is 0 Å². The number of hydrogen-bond donors (Lipinski definition) is 5. The Morgan fingerprint density at radius 2 is 0.474 bits per heavy atom.